The number of rotatable bonds is 6. The van der Waals surface area contributed by atoms with Crippen LogP contribution in [-0.2, 0) is 11.3 Å². The highest BCUT2D eigenvalue weighted by Crippen LogP contribution is 1.93. The first-order valence-electron chi connectivity index (χ1n) is 5.47. The second-order valence-electron chi connectivity index (χ2n) is 3.64. The zero-order chi connectivity index (χ0) is 11.8. The Balaban J connectivity index is 2.25. The van der Waals surface area contributed by atoms with Gasteiger partial charge in [-0.15, -0.1) is 0 Å². The summed E-state index contributed by atoms with van der Waals surface area (Å²) in [5.74, 6) is 0.0343. The van der Waals surface area contributed by atoms with E-state index in [1.54, 1.807) is 12.3 Å². The van der Waals surface area contributed by atoms with E-state index in [1.807, 2.05) is 13.8 Å². The molecule has 1 heterocycles. The Morgan fingerprint density at radius 1 is 1.56 bits per heavy atom. The third kappa shape index (κ3) is 4.84. The SMILES string of the molecule is CCNC(C)CC(=O)NCc1ccncn1. The van der Waals surface area contributed by atoms with Gasteiger partial charge in [-0.2, -0.15) is 0 Å². The van der Waals surface area contributed by atoms with Gasteiger partial charge in [-0.3, -0.25) is 4.79 Å². The van der Waals surface area contributed by atoms with Crippen LogP contribution in [0.15, 0.2) is 18.6 Å². The Hall–Kier alpha value is -1.49. The van der Waals surface area contributed by atoms with Gasteiger partial charge in [-0.25, -0.2) is 9.97 Å². The maximum atomic E-state index is 11.5. The van der Waals surface area contributed by atoms with Crippen molar-refractivity contribution < 1.29 is 4.79 Å². The summed E-state index contributed by atoms with van der Waals surface area (Å²) in [6, 6.07) is 1.99. The van der Waals surface area contributed by atoms with Crippen molar-refractivity contribution in [1.82, 2.24) is 20.6 Å². The Bertz CT molecular complexity index is 315. The smallest absolute Gasteiger partial charge is 0.221 e. The van der Waals surface area contributed by atoms with E-state index in [0.29, 0.717) is 13.0 Å². The van der Waals surface area contributed by atoms with E-state index in [0.717, 1.165) is 12.2 Å². The van der Waals surface area contributed by atoms with Gasteiger partial charge in [0.15, 0.2) is 0 Å². The summed E-state index contributed by atoms with van der Waals surface area (Å²) in [5, 5.41) is 6.01. The van der Waals surface area contributed by atoms with E-state index < -0.39 is 0 Å². The van der Waals surface area contributed by atoms with Crippen molar-refractivity contribution in [1.29, 1.82) is 0 Å². The topological polar surface area (TPSA) is 66.9 Å². The van der Waals surface area contributed by atoms with Gasteiger partial charge in [-0.05, 0) is 19.5 Å². The Morgan fingerprint density at radius 3 is 3.00 bits per heavy atom. The summed E-state index contributed by atoms with van der Waals surface area (Å²) in [4.78, 5) is 19.3. The van der Waals surface area contributed by atoms with Crippen molar-refractivity contribution in [3.8, 4) is 0 Å². The van der Waals surface area contributed by atoms with E-state index in [9.17, 15) is 4.79 Å². The van der Waals surface area contributed by atoms with Gasteiger partial charge in [0.05, 0.1) is 12.2 Å². The van der Waals surface area contributed by atoms with E-state index in [-0.39, 0.29) is 11.9 Å². The number of carbonyl (C=O) groups excluding carboxylic acids is 1. The first kappa shape index (κ1) is 12.6. The van der Waals surface area contributed by atoms with Crippen molar-refractivity contribution >= 4 is 5.91 Å². The zero-order valence-electron chi connectivity index (χ0n) is 9.73. The first-order valence-corrected chi connectivity index (χ1v) is 5.47. The lowest BCUT2D eigenvalue weighted by Crippen LogP contribution is -2.33. The molecule has 16 heavy (non-hydrogen) atoms. The minimum Gasteiger partial charge on any atom is -0.350 e. The minimum atomic E-state index is 0.0343. The second-order valence-corrected chi connectivity index (χ2v) is 3.64. The quantitative estimate of drug-likeness (QED) is 0.734. The van der Waals surface area contributed by atoms with Gasteiger partial charge >= 0.3 is 0 Å². The number of amides is 1. The normalized spacial score (nSPS) is 12.1. The van der Waals surface area contributed by atoms with Crippen molar-refractivity contribution in [3.63, 3.8) is 0 Å². The van der Waals surface area contributed by atoms with Crippen LogP contribution in [0.3, 0.4) is 0 Å². The van der Waals surface area contributed by atoms with Crippen molar-refractivity contribution in [2.24, 2.45) is 0 Å². The van der Waals surface area contributed by atoms with Gasteiger partial charge in [0, 0.05) is 18.7 Å². The number of aromatic nitrogens is 2. The van der Waals surface area contributed by atoms with Crippen LogP contribution >= 0.6 is 0 Å². The molecular weight excluding hydrogens is 204 g/mol. The Kier molecular flexibility index (Phi) is 5.42. The fraction of sp³-hybridized carbons (Fsp3) is 0.545. The van der Waals surface area contributed by atoms with Gasteiger partial charge in [0.1, 0.15) is 6.33 Å². The summed E-state index contributed by atoms with van der Waals surface area (Å²) in [6.45, 7) is 5.35. The average molecular weight is 222 g/mol. The highest BCUT2D eigenvalue weighted by atomic mass is 16.1. The average Bonchev–Trinajstić information content (AvgIpc) is 2.28. The molecule has 0 aliphatic heterocycles. The molecule has 1 atom stereocenters. The molecule has 5 heteroatoms. The molecule has 2 N–H and O–H groups in total. The predicted octanol–water partition coefficient (Wildman–Crippen LogP) is 0.481. The molecule has 0 saturated heterocycles. The third-order valence-corrected chi connectivity index (χ3v) is 2.15. The van der Waals surface area contributed by atoms with Gasteiger partial charge in [-0.1, -0.05) is 6.92 Å². The van der Waals surface area contributed by atoms with Crippen LogP contribution in [0.4, 0.5) is 0 Å². The number of nitrogens with one attached hydrogen (secondary N) is 2. The molecule has 0 saturated carbocycles. The monoisotopic (exact) mass is 222 g/mol. The fourth-order valence-electron chi connectivity index (χ4n) is 1.38. The van der Waals surface area contributed by atoms with Gasteiger partial charge < -0.3 is 10.6 Å². The molecule has 0 aromatic carbocycles. The van der Waals surface area contributed by atoms with Gasteiger partial charge in [0.25, 0.3) is 0 Å². The number of nitrogens with zero attached hydrogens (tertiary/aromatic N) is 2. The van der Waals surface area contributed by atoms with Crippen LogP contribution in [0.5, 0.6) is 0 Å². The van der Waals surface area contributed by atoms with E-state index in [1.165, 1.54) is 6.33 Å². The van der Waals surface area contributed by atoms with Crippen molar-refractivity contribution in [3.05, 3.63) is 24.3 Å². The molecular formula is C11H18N4O. The summed E-state index contributed by atoms with van der Waals surface area (Å²) < 4.78 is 0. The summed E-state index contributed by atoms with van der Waals surface area (Å²) in [6.07, 6.45) is 3.62. The van der Waals surface area contributed by atoms with E-state index in [2.05, 4.69) is 20.6 Å². The lowest BCUT2D eigenvalue weighted by molar-refractivity contribution is -0.121. The van der Waals surface area contributed by atoms with Crippen LogP contribution in [0, 0.1) is 0 Å². The Morgan fingerprint density at radius 2 is 2.38 bits per heavy atom. The molecule has 88 valence electrons. The van der Waals surface area contributed by atoms with Crippen LogP contribution in [0.2, 0.25) is 0 Å². The molecule has 1 aromatic heterocycles. The van der Waals surface area contributed by atoms with Gasteiger partial charge in [0.2, 0.25) is 5.91 Å². The maximum Gasteiger partial charge on any atom is 0.221 e. The predicted molar refractivity (Wildman–Crippen MR) is 61.6 cm³/mol. The molecule has 1 amide bonds. The third-order valence-electron chi connectivity index (χ3n) is 2.15. The van der Waals surface area contributed by atoms with E-state index in [4.69, 9.17) is 0 Å². The highest BCUT2D eigenvalue weighted by Gasteiger charge is 2.07. The number of hydrogen-bond acceptors (Lipinski definition) is 4. The zero-order valence-corrected chi connectivity index (χ0v) is 9.73. The Labute approximate surface area is 95.7 Å². The highest BCUT2D eigenvalue weighted by molar-refractivity contribution is 5.76. The fourth-order valence-corrected chi connectivity index (χ4v) is 1.38. The molecule has 5 nitrogen and oxygen atoms in total. The molecule has 0 aliphatic rings. The summed E-state index contributed by atoms with van der Waals surface area (Å²) in [5.41, 5.74) is 0.819. The molecule has 0 spiro atoms. The molecule has 0 radical (unpaired) electrons. The molecule has 0 aliphatic carbocycles. The molecule has 1 unspecified atom stereocenters. The molecule has 1 aromatic rings. The molecule has 1 rings (SSSR count). The van der Waals surface area contributed by atoms with Crippen molar-refractivity contribution in [2.75, 3.05) is 6.54 Å². The second kappa shape index (κ2) is 6.90. The number of hydrogen-bond donors (Lipinski definition) is 2. The largest absolute Gasteiger partial charge is 0.350 e. The van der Waals surface area contributed by atoms with Crippen LogP contribution in [0.25, 0.3) is 0 Å². The van der Waals surface area contributed by atoms with Crippen LogP contribution in [-0.4, -0.2) is 28.5 Å². The standard InChI is InChI=1S/C11H18N4O/c1-3-13-9(2)6-11(16)14-7-10-4-5-12-8-15-10/h4-5,8-9,13H,3,6-7H2,1-2H3,(H,14,16). The van der Waals surface area contributed by atoms with Crippen LogP contribution < -0.4 is 10.6 Å². The minimum absolute atomic E-state index is 0.0343. The maximum absolute atomic E-state index is 11.5. The van der Waals surface area contributed by atoms with Crippen molar-refractivity contribution in [2.45, 2.75) is 32.9 Å². The summed E-state index contributed by atoms with van der Waals surface area (Å²) in [7, 11) is 0. The molecule has 0 fully saturated rings. The van der Waals surface area contributed by atoms with Crippen LogP contribution in [0.1, 0.15) is 26.0 Å². The lowest BCUT2D eigenvalue weighted by atomic mass is 10.2. The number of carbonyl (C=O) groups is 1. The first-order chi connectivity index (χ1) is 7.72. The summed E-state index contributed by atoms with van der Waals surface area (Å²) >= 11 is 0. The molecule has 0 bridgehead atoms. The van der Waals surface area contributed by atoms with E-state index >= 15 is 0 Å². The lowest BCUT2D eigenvalue weighted by Gasteiger charge is -2.11.